The van der Waals surface area contributed by atoms with Gasteiger partial charge in [-0.3, -0.25) is 0 Å². The molecule has 0 radical (unpaired) electrons. The molecule has 0 aliphatic rings. The highest BCUT2D eigenvalue weighted by Gasteiger charge is 2.16. The van der Waals surface area contributed by atoms with Crippen molar-refractivity contribution in [3.05, 3.63) is 35.4 Å². The van der Waals surface area contributed by atoms with E-state index in [2.05, 4.69) is 45.0 Å². The molecule has 1 rings (SSSR count). The number of benzene rings is 1. The highest BCUT2D eigenvalue weighted by atomic mass is 35.5. The van der Waals surface area contributed by atoms with E-state index < -0.39 is 0 Å². The number of hydrogen-bond acceptors (Lipinski definition) is 0. The summed E-state index contributed by atoms with van der Waals surface area (Å²) in [5, 5.41) is 0. The number of rotatable bonds is 4. The largest absolute Gasteiger partial charge is 0.126 e. The molecule has 0 spiro atoms. The van der Waals surface area contributed by atoms with Gasteiger partial charge in [0.2, 0.25) is 0 Å². The molecule has 0 heterocycles. The predicted octanol–water partition coefficient (Wildman–Crippen LogP) is 4.36. The molecule has 0 aliphatic carbocycles. The molecule has 2 unspecified atom stereocenters. The lowest BCUT2D eigenvalue weighted by Crippen LogP contribution is -2.10. The molecule has 0 saturated heterocycles. The Balaban J connectivity index is 2.89. The van der Waals surface area contributed by atoms with Crippen molar-refractivity contribution in [2.24, 2.45) is 5.92 Å². The first kappa shape index (κ1) is 11.6. The monoisotopic (exact) mass is 210 g/mol. The molecular weight excluding hydrogens is 192 g/mol. The Labute approximate surface area is 92.3 Å². The fraction of sp³-hybridized carbons (Fsp3) is 0.538. The molecule has 0 bridgehead atoms. The average Bonchev–Trinajstić information content (AvgIpc) is 2.19. The van der Waals surface area contributed by atoms with Crippen LogP contribution < -0.4 is 0 Å². The molecule has 1 aromatic rings. The molecule has 0 nitrogen and oxygen atoms in total. The maximum Gasteiger partial charge on any atom is 0.0294 e. The van der Waals surface area contributed by atoms with Gasteiger partial charge in [-0.1, -0.05) is 50.1 Å². The zero-order chi connectivity index (χ0) is 10.6. The first-order valence-corrected chi connectivity index (χ1v) is 5.85. The van der Waals surface area contributed by atoms with Crippen molar-refractivity contribution in [3.63, 3.8) is 0 Å². The highest BCUT2D eigenvalue weighted by Crippen LogP contribution is 2.28. The predicted molar refractivity (Wildman–Crippen MR) is 64.1 cm³/mol. The zero-order valence-corrected chi connectivity index (χ0v) is 10.0. The fourth-order valence-electron chi connectivity index (χ4n) is 1.75. The molecule has 0 saturated carbocycles. The van der Waals surface area contributed by atoms with Crippen molar-refractivity contribution < 1.29 is 0 Å². The van der Waals surface area contributed by atoms with Crippen LogP contribution in [0.3, 0.4) is 0 Å². The summed E-state index contributed by atoms with van der Waals surface area (Å²) in [6.07, 6.45) is 1.19. The molecule has 1 aromatic carbocycles. The Bertz CT molecular complexity index is 280. The van der Waals surface area contributed by atoms with Gasteiger partial charge in [-0.05, 0) is 24.3 Å². The minimum absolute atomic E-state index is 0.501. The van der Waals surface area contributed by atoms with E-state index in [0.717, 1.165) is 5.88 Å². The summed E-state index contributed by atoms with van der Waals surface area (Å²) in [6.45, 7) is 6.63. The highest BCUT2D eigenvalue weighted by molar-refractivity contribution is 6.18. The SMILES string of the molecule is CCC(C)C(CCl)c1cccc(C)c1. The van der Waals surface area contributed by atoms with Crippen LogP contribution >= 0.6 is 11.6 Å². The summed E-state index contributed by atoms with van der Waals surface area (Å²) in [6, 6.07) is 8.68. The molecule has 2 atom stereocenters. The number of halogens is 1. The minimum Gasteiger partial charge on any atom is -0.126 e. The Kier molecular flexibility index (Phi) is 4.47. The lowest BCUT2D eigenvalue weighted by atomic mass is 9.86. The van der Waals surface area contributed by atoms with Crippen molar-refractivity contribution in [2.45, 2.75) is 33.1 Å². The van der Waals surface area contributed by atoms with Crippen LogP contribution in [0.25, 0.3) is 0 Å². The molecule has 0 aromatic heterocycles. The maximum atomic E-state index is 6.03. The lowest BCUT2D eigenvalue weighted by molar-refractivity contribution is 0.477. The van der Waals surface area contributed by atoms with Crippen molar-refractivity contribution >= 4 is 11.6 Å². The summed E-state index contributed by atoms with van der Waals surface area (Å²) in [4.78, 5) is 0. The van der Waals surface area contributed by atoms with Crippen LogP contribution in [-0.4, -0.2) is 5.88 Å². The third-order valence-corrected chi connectivity index (χ3v) is 3.30. The molecule has 0 aliphatic heterocycles. The molecule has 1 heteroatoms. The number of alkyl halides is 1. The van der Waals surface area contributed by atoms with Crippen molar-refractivity contribution in [1.29, 1.82) is 0 Å². The smallest absolute Gasteiger partial charge is 0.0294 e. The van der Waals surface area contributed by atoms with Crippen LogP contribution in [0.2, 0.25) is 0 Å². The van der Waals surface area contributed by atoms with Crippen LogP contribution in [0.5, 0.6) is 0 Å². The summed E-state index contributed by atoms with van der Waals surface area (Å²) in [7, 11) is 0. The molecule has 0 amide bonds. The van der Waals surface area contributed by atoms with E-state index in [1.807, 2.05) is 0 Å². The van der Waals surface area contributed by atoms with Crippen molar-refractivity contribution in [1.82, 2.24) is 0 Å². The van der Waals surface area contributed by atoms with E-state index in [1.165, 1.54) is 17.5 Å². The Morgan fingerprint density at radius 3 is 2.57 bits per heavy atom. The standard InChI is InChI=1S/C13H19Cl/c1-4-11(3)13(9-14)12-7-5-6-10(2)8-12/h5-8,11,13H,4,9H2,1-3H3. The van der Waals surface area contributed by atoms with Gasteiger partial charge in [0.05, 0.1) is 0 Å². The van der Waals surface area contributed by atoms with E-state index in [0.29, 0.717) is 11.8 Å². The first-order chi connectivity index (χ1) is 6.69. The fourth-order valence-corrected chi connectivity index (χ4v) is 2.24. The number of hydrogen-bond donors (Lipinski definition) is 0. The van der Waals surface area contributed by atoms with Gasteiger partial charge >= 0.3 is 0 Å². The van der Waals surface area contributed by atoms with Crippen LogP contribution in [0.15, 0.2) is 24.3 Å². The quantitative estimate of drug-likeness (QED) is 0.648. The number of aryl methyl sites for hydroxylation is 1. The van der Waals surface area contributed by atoms with Gasteiger partial charge in [0.1, 0.15) is 0 Å². The Morgan fingerprint density at radius 1 is 1.36 bits per heavy atom. The van der Waals surface area contributed by atoms with Gasteiger partial charge in [0, 0.05) is 5.88 Å². The second kappa shape index (κ2) is 5.41. The van der Waals surface area contributed by atoms with Crippen LogP contribution in [0, 0.1) is 12.8 Å². The first-order valence-electron chi connectivity index (χ1n) is 5.31. The summed E-state index contributed by atoms with van der Waals surface area (Å²) in [5.74, 6) is 1.88. The van der Waals surface area contributed by atoms with E-state index in [4.69, 9.17) is 11.6 Å². The zero-order valence-electron chi connectivity index (χ0n) is 9.26. The van der Waals surface area contributed by atoms with Gasteiger partial charge in [0.15, 0.2) is 0 Å². The van der Waals surface area contributed by atoms with E-state index in [1.54, 1.807) is 0 Å². The average molecular weight is 211 g/mol. The second-order valence-corrected chi connectivity index (χ2v) is 4.37. The van der Waals surface area contributed by atoms with Gasteiger partial charge in [-0.25, -0.2) is 0 Å². The van der Waals surface area contributed by atoms with E-state index in [-0.39, 0.29) is 0 Å². The Hall–Kier alpha value is -0.490. The molecular formula is C13H19Cl. The summed E-state index contributed by atoms with van der Waals surface area (Å²) >= 11 is 6.03. The third-order valence-electron chi connectivity index (χ3n) is 2.97. The molecule has 78 valence electrons. The molecule has 0 N–H and O–H groups in total. The van der Waals surface area contributed by atoms with Crippen LogP contribution in [0.4, 0.5) is 0 Å². The van der Waals surface area contributed by atoms with Gasteiger partial charge in [0.25, 0.3) is 0 Å². The lowest BCUT2D eigenvalue weighted by Gasteiger charge is -2.21. The van der Waals surface area contributed by atoms with Gasteiger partial charge in [-0.15, -0.1) is 11.6 Å². The summed E-state index contributed by atoms with van der Waals surface area (Å²) < 4.78 is 0. The van der Waals surface area contributed by atoms with Gasteiger partial charge in [-0.2, -0.15) is 0 Å². The van der Waals surface area contributed by atoms with Crippen molar-refractivity contribution in [2.75, 3.05) is 5.88 Å². The van der Waals surface area contributed by atoms with Gasteiger partial charge < -0.3 is 0 Å². The topological polar surface area (TPSA) is 0 Å². The van der Waals surface area contributed by atoms with Crippen LogP contribution in [-0.2, 0) is 0 Å². The Morgan fingerprint density at radius 2 is 2.07 bits per heavy atom. The minimum atomic E-state index is 0.501. The van der Waals surface area contributed by atoms with E-state index in [9.17, 15) is 0 Å². The van der Waals surface area contributed by atoms with Crippen molar-refractivity contribution in [3.8, 4) is 0 Å². The summed E-state index contributed by atoms with van der Waals surface area (Å²) in [5.41, 5.74) is 2.70. The second-order valence-electron chi connectivity index (χ2n) is 4.06. The molecule has 0 fully saturated rings. The van der Waals surface area contributed by atoms with E-state index >= 15 is 0 Å². The molecule has 14 heavy (non-hydrogen) atoms. The third kappa shape index (κ3) is 2.75. The normalized spacial score (nSPS) is 15.1. The maximum absolute atomic E-state index is 6.03. The van der Waals surface area contributed by atoms with Crippen LogP contribution in [0.1, 0.15) is 37.3 Å².